The first kappa shape index (κ1) is 14.0. The molecule has 108 valence electrons. The molecule has 0 radical (unpaired) electrons. The highest BCUT2D eigenvalue weighted by atomic mass is 35.5. The molecule has 1 aliphatic heterocycles. The zero-order chi connectivity index (χ0) is 15.2. The molecule has 0 atom stereocenters. The van der Waals surface area contributed by atoms with Gasteiger partial charge in [-0.3, -0.25) is 4.79 Å². The highest BCUT2D eigenvalue weighted by Crippen LogP contribution is 2.39. The molecular formula is C17H16ClNO2. The Morgan fingerprint density at radius 3 is 2.71 bits per heavy atom. The molecule has 3 nitrogen and oxygen atoms in total. The number of carbonyl (C=O) groups excluding carboxylic acids is 1. The second-order valence-corrected chi connectivity index (χ2v) is 6.36. The van der Waals surface area contributed by atoms with Crippen LogP contribution in [-0.2, 0) is 5.41 Å². The number of benzene rings is 2. The summed E-state index contributed by atoms with van der Waals surface area (Å²) in [7, 11) is 0. The van der Waals surface area contributed by atoms with Crippen molar-refractivity contribution in [3.8, 4) is 5.75 Å². The summed E-state index contributed by atoms with van der Waals surface area (Å²) in [4.78, 5) is 12.6. The van der Waals surface area contributed by atoms with Crippen molar-refractivity contribution >= 4 is 23.1 Å². The Morgan fingerprint density at radius 1 is 1.24 bits per heavy atom. The second-order valence-electron chi connectivity index (χ2n) is 5.95. The minimum Gasteiger partial charge on any atom is -0.492 e. The molecule has 2 aromatic carbocycles. The van der Waals surface area contributed by atoms with E-state index in [1.807, 2.05) is 12.1 Å². The van der Waals surface area contributed by atoms with Gasteiger partial charge in [0.15, 0.2) is 5.78 Å². The van der Waals surface area contributed by atoms with Gasteiger partial charge in [0.1, 0.15) is 5.75 Å². The Kier molecular flexibility index (Phi) is 3.18. The molecule has 2 aromatic rings. The minimum absolute atomic E-state index is 0.0868. The average Bonchev–Trinajstić information content (AvgIpc) is 2.74. The van der Waals surface area contributed by atoms with E-state index in [1.165, 1.54) is 0 Å². The lowest BCUT2D eigenvalue weighted by Gasteiger charge is -2.15. The molecule has 4 heteroatoms. The van der Waals surface area contributed by atoms with E-state index in [0.717, 1.165) is 11.3 Å². The standard InChI is InChI=1S/C17H16ClNO2/c1-17(2)9-21-15-6-3-10(7-13(15)17)16(20)12-5-4-11(19)8-14(12)18/h3-8H,9,19H2,1-2H3. The van der Waals surface area contributed by atoms with Crippen LogP contribution in [0.25, 0.3) is 0 Å². The normalized spacial score (nSPS) is 15.4. The Morgan fingerprint density at radius 2 is 2.00 bits per heavy atom. The number of fused-ring (bicyclic) bond motifs is 1. The maximum absolute atomic E-state index is 12.6. The van der Waals surface area contributed by atoms with Crippen molar-refractivity contribution in [2.75, 3.05) is 12.3 Å². The monoisotopic (exact) mass is 301 g/mol. The predicted molar refractivity (Wildman–Crippen MR) is 84.3 cm³/mol. The van der Waals surface area contributed by atoms with Crippen LogP contribution in [0.2, 0.25) is 5.02 Å². The van der Waals surface area contributed by atoms with Crippen molar-refractivity contribution in [1.29, 1.82) is 0 Å². The Hall–Kier alpha value is -2.00. The molecule has 1 aliphatic rings. The average molecular weight is 302 g/mol. The molecular weight excluding hydrogens is 286 g/mol. The molecule has 0 amide bonds. The zero-order valence-corrected chi connectivity index (χ0v) is 12.7. The third kappa shape index (κ3) is 2.38. The maximum Gasteiger partial charge on any atom is 0.194 e. The smallest absolute Gasteiger partial charge is 0.194 e. The lowest BCUT2D eigenvalue weighted by Crippen LogP contribution is -2.18. The van der Waals surface area contributed by atoms with E-state index in [-0.39, 0.29) is 11.2 Å². The van der Waals surface area contributed by atoms with E-state index >= 15 is 0 Å². The van der Waals surface area contributed by atoms with E-state index < -0.39 is 0 Å². The minimum atomic E-state index is -0.106. The third-order valence-electron chi connectivity index (χ3n) is 3.80. The predicted octanol–water partition coefficient (Wildman–Crippen LogP) is 3.82. The number of nitrogens with two attached hydrogens (primary N) is 1. The number of ketones is 1. The molecule has 0 spiro atoms. The van der Waals surface area contributed by atoms with Crippen LogP contribution in [0.5, 0.6) is 5.75 Å². The number of anilines is 1. The first-order valence-corrected chi connectivity index (χ1v) is 7.13. The zero-order valence-electron chi connectivity index (χ0n) is 11.9. The van der Waals surface area contributed by atoms with Crippen molar-refractivity contribution in [3.63, 3.8) is 0 Å². The van der Waals surface area contributed by atoms with Crippen LogP contribution in [0.15, 0.2) is 36.4 Å². The van der Waals surface area contributed by atoms with Gasteiger partial charge in [0.2, 0.25) is 0 Å². The number of hydrogen-bond donors (Lipinski definition) is 1. The quantitative estimate of drug-likeness (QED) is 0.677. The Bertz CT molecular complexity index is 738. The van der Waals surface area contributed by atoms with E-state index in [1.54, 1.807) is 24.3 Å². The lowest BCUT2D eigenvalue weighted by atomic mass is 9.85. The molecule has 2 N–H and O–H groups in total. The summed E-state index contributed by atoms with van der Waals surface area (Å²) in [5.74, 6) is 0.741. The molecule has 21 heavy (non-hydrogen) atoms. The van der Waals surface area contributed by atoms with Gasteiger partial charge >= 0.3 is 0 Å². The fourth-order valence-corrected chi connectivity index (χ4v) is 2.81. The lowest BCUT2D eigenvalue weighted by molar-refractivity contribution is 0.103. The second kappa shape index (κ2) is 4.78. The van der Waals surface area contributed by atoms with Crippen LogP contribution in [0.1, 0.15) is 35.3 Å². The summed E-state index contributed by atoms with van der Waals surface area (Å²) in [5, 5.41) is 0.371. The van der Waals surface area contributed by atoms with Crippen LogP contribution < -0.4 is 10.5 Å². The van der Waals surface area contributed by atoms with Crippen LogP contribution in [-0.4, -0.2) is 12.4 Å². The largest absolute Gasteiger partial charge is 0.492 e. The first-order chi connectivity index (χ1) is 9.88. The topological polar surface area (TPSA) is 52.3 Å². The van der Waals surface area contributed by atoms with Gasteiger partial charge in [-0.1, -0.05) is 25.4 Å². The van der Waals surface area contributed by atoms with Gasteiger partial charge in [0.05, 0.1) is 11.6 Å². The Labute approximate surface area is 128 Å². The van der Waals surface area contributed by atoms with Gasteiger partial charge in [-0.25, -0.2) is 0 Å². The SMILES string of the molecule is CC1(C)COc2ccc(C(=O)c3ccc(N)cc3Cl)cc21. The maximum atomic E-state index is 12.6. The van der Waals surface area contributed by atoms with Crippen LogP contribution in [0, 0.1) is 0 Å². The number of rotatable bonds is 2. The van der Waals surface area contributed by atoms with Crippen LogP contribution in [0.3, 0.4) is 0 Å². The Balaban J connectivity index is 2.03. The number of nitrogen functional groups attached to an aromatic ring is 1. The van der Waals surface area contributed by atoms with Gasteiger partial charge in [-0.15, -0.1) is 0 Å². The van der Waals surface area contributed by atoms with Gasteiger partial charge < -0.3 is 10.5 Å². The van der Waals surface area contributed by atoms with Crippen molar-refractivity contribution in [2.24, 2.45) is 0 Å². The fourth-order valence-electron chi connectivity index (χ4n) is 2.53. The fraction of sp³-hybridized carbons (Fsp3) is 0.235. The van der Waals surface area contributed by atoms with Crippen molar-refractivity contribution < 1.29 is 9.53 Å². The number of halogens is 1. The molecule has 0 aromatic heterocycles. The van der Waals surface area contributed by atoms with Crippen molar-refractivity contribution in [3.05, 3.63) is 58.1 Å². The molecule has 3 rings (SSSR count). The van der Waals surface area contributed by atoms with E-state index in [0.29, 0.717) is 28.4 Å². The number of hydrogen-bond acceptors (Lipinski definition) is 3. The van der Waals surface area contributed by atoms with E-state index in [4.69, 9.17) is 22.1 Å². The van der Waals surface area contributed by atoms with Crippen molar-refractivity contribution in [2.45, 2.75) is 19.3 Å². The summed E-state index contributed by atoms with van der Waals surface area (Å²) in [6, 6.07) is 10.5. The summed E-state index contributed by atoms with van der Waals surface area (Å²) >= 11 is 6.12. The molecule has 1 heterocycles. The summed E-state index contributed by atoms with van der Waals surface area (Å²) in [6.45, 7) is 4.83. The first-order valence-electron chi connectivity index (χ1n) is 6.75. The molecule has 0 fully saturated rings. The van der Waals surface area contributed by atoms with Gasteiger partial charge in [0, 0.05) is 27.8 Å². The van der Waals surface area contributed by atoms with Gasteiger partial charge in [-0.05, 0) is 36.4 Å². The van der Waals surface area contributed by atoms with E-state index in [2.05, 4.69) is 13.8 Å². The highest BCUT2D eigenvalue weighted by molar-refractivity contribution is 6.35. The molecule has 0 unspecified atom stereocenters. The summed E-state index contributed by atoms with van der Waals surface area (Å²) in [5.41, 5.74) is 8.24. The summed E-state index contributed by atoms with van der Waals surface area (Å²) < 4.78 is 5.64. The van der Waals surface area contributed by atoms with Gasteiger partial charge in [-0.2, -0.15) is 0 Å². The molecule has 0 saturated heterocycles. The molecule has 0 aliphatic carbocycles. The third-order valence-corrected chi connectivity index (χ3v) is 4.11. The van der Waals surface area contributed by atoms with Crippen molar-refractivity contribution in [1.82, 2.24) is 0 Å². The van der Waals surface area contributed by atoms with Crippen LogP contribution >= 0.6 is 11.6 Å². The number of ether oxygens (including phenoxy) is 1. The molecule has 0 bridgehead atoms. The van der Waals surface area contributed by atoms with Gasteiger partial charge in [0.25, 0.3) is 0 Å². The van der Waals surface area contributed by atoms with E-state index in [9.17, 15) is 4.79 Å². The van der Waals surface area contributed by atoms with Crippen LogP contribution in [0.4, 0.5) is 5.69 Å². The molecule has 0 saturated carbocycles. The number of carbonyl (C=O) groups is 1. The highest BCUT2D eigenvalue weighted by Gasteiger charge is 2.32. The summed E-state index contributed by atoms with van der Waals surface area (Å²) in [6.07, 6.45) is 0.